The van der Waals surface area contributed by atoms with E-state index in [2.05, 4.69) is 11.5 Å². The second-order valence-corrected chi connectivity index (χ2v) is 6.94. The minimum Gasteiger partial charge on any atom is -0.461 e. The number of Topliss-reactive ketones (excluding diaryl/α,β-unsaturated/α-hetero) is 1. The summed E-state index contributed by atoms with van der Waals surface area (Å²) in [5.74, 6) is -0.739. The highest BCUT2D eigenvalue weighted by Crippen LogP contribution is 2.25. The first-order valence-corrected chi connectivity index (χ1v) is 10.4. The Labute approximate surface area is 183 Å². The summed E-state index contributed by atoms with van der Waals surface area (Å²) in [7, 11) is 1.38. The van der Waals surface area contributed by atoms with Gasteiger partial charge in [-0.15, -0.1) is 0 Å². The highest BCUT2D eigenvalue weighted by atomic mass is 16.6. The van der Waals surface area contributed by atoms with Gasteiger partial charge in [0.15, 0.2) is 11.5 Å². The zero-order chi connectivity index (χ0) is 22.6. The number of nitrogens with zero attached hydrogens (tertiary/aromatic N) is 1. The lowest BCUT2D eigenvalue weighted by Crippen LogP contribution is -2.27. The zero-order valence-corrected chi connectivity index (χ0v) is 18.2. The van der Waals surface area contributed by atoms with E-state index in [0.717, 1.165) is 29.5 Å². The van der Waals surface area contributed by atoms with Crippen LogP contribution in [0.15, 0.2) is 59.8 Å². The number of unbranched alkanes of at least 4 members (excludes halogenated alkanes) is 1. The third-order valence-corrected chi connectivity index (χ3v) is 4.77. The van der Waals surface area contributed by atoms with E-state index in [4.69, 9.17) is 9.57 Å². The SMILES string of the molecule is CCCCC(=O)C(Cc1ccc(-c2ccccc2C#N)cc1)=C(NOC)C(=O)OCC. The maximum absolute atomic E-state index is 12.9. The molecular weight excluding hydrogens is 392 g/mol. The molecule has 0 heterocycles. The number of hydroxylamine groups is 1. The van der Waals surface area contributed by atoms with E-state index in [1.165, 1.54) is 7.11 Å². The van der Waals surface area contributed by atoms with E-state index in [-0.39, 0.29) is 24.5 Å². The van der Waals surface area contributed by atoms with Crippen molar-refractivity contribution in [3.8, 4) is 17.2 Å². The highest BCUT2D eigenvalue weighted by molar-refractivity contribution is 6.03. The number of nitrogens with one attached hydrogen (secondary N) is 1. The van der Waals surface area contributed by atoms with Gasteiger partial charge in [-0.05, 0) is 36.1 Å². The maximum atomic E-state index is 12.9. The van der Waals surface area contributed by atoms with Crippen molar-refractivity contribution in [2.24, 2.45) is 0 Å². The van der Waals surface area contributed by atoms with E-state index < -0.39 is 5.97 Å². The van der Waals surface area contributed by atoms with Gasteiger partial charge in [0.05, 0.1) is 25.3 Å². The van der Waals surface area contributed by atoms with Crippen molar-refractivity contribution in [1.29, 1.82) is 5.26 Å². The highest BCUT2D eigenvalue weighted by Gasteiger charge is 2.22. The number of hydrogen-bond acceptors (Lipinski definition) is 6. The number of carbonyl (C=O) groups excluding carboxylic acids is 2. The number of rotatable bonds is 11. The van der Waals surface area contributed by atoms with Gasteiger partial charge in [-0.25, -0.2) is 4.79 Å². The van der Waals surface area contributed by atoms with Gasteiger partial charge in [0, 0.05) is 18.4 Å². The molecule has 2 rings (SSSR count). The molecule has 0 aromatic heterocycles. The summed E-state index contributed by atoms with van der Waals surface area (Å²) in [6.45, 7) is 3.91. The molecule has 0 amide bonds. The number of ether oxygens (including phenoxy) is 1. The molecule has 6 nitrogen and oxygen atoms in total. The van der Waals surface area contributed by atoms with Gasteiger partial charge in [0.25, 0.3) is 0 Å². The Morgan fingerprint density at radius 3 is 2.39 bits per heavy atom. The lowest BCUT2D eigenvalue weighted by molar-refractivity contribution is -0.140. The van der Waals surface area contributed by atoms with Crippen LogP contribution in [0.2, 0.25) is 0 Å². The van der Waals surface area contributed by atoms with Crippen LogP contribution in [0.1, 0.15) is 44.2 Å². The largest absolute Gasteiger partial charge is 0.461 e. The second-order valence-electron chi connectivity index (χ2n) is 6.94. The summed E-state index contributed by atoms with van der Waals surface area (Å²) in [5, 5.41) is 9.34. The van der Waals surface area contributed by atoms with E-state index in [9.17, 15) is 14.9 Å². The van der Waals surface area contributed by atoms with Gasteiger partial charge < -0.3 is 4.74 Å². The monoisotopic (exact) mass is 420 g/mol. The zero-order valence-electron chi connectivity index (χ0n) is 18.2. The summed E-state index contributed by atoms with van der Waals surface area (Å²) in [6.07, 6.45) is 2.20. The van der Waals surface area contributed by atoms with Crippen molar-refractivity contribution < 1.29 is 19.2 Å². The Hall–Kier alpha value is -3.43. The molecule has 0 aliphatic rings. The molecule has 0 aliphatic heterocycles. The predicted molar refractivity (Wildman–Crippen MR) is 119 cm³/mol. The maximum Gasteiger partial charge on any atom is 0.357 e. The first-order chi connectivity index (χ1) is 15.0. The van der Waals surface area contributed by atoms with Crippen LogP contribution in [0.4, 0.5) is 0 Å². The molecule has 0 atom stereocenters. The van der Waals surface area contributed by atoms with Crippen LogP contribution in [0, 0.1) is 11.3 Å². The Kier molecular flexibility index (Phi) is 9.47. The van der Waals surface area contributed by atoms with Crippen LogP contribution in [0.3, 0.4) is 0 Å². The van der Waals surface area contributed by atoms with Gasteiger partial charge in [-0.3, -0.25) is 15.1 Å². The Morgan fingerprint density at radius 1 is 1.06 bits per heavy atom. The van der Waals surface area contributed by atoms with Crippen LogP contribution in [0.5, 0.6) is 0 Å². The average molecular weight is 421 g/mol. The molecule has 0 bridgehead atoms. The Balaban J connectivity index is 2.39. The smallest absolute Gasteiger partial charge is 0.357 e. The molecule has 0 fully saturated rings. The van der Waals surface area contributed by atoms with Crippen molar-refractivity contribution in [2.45, 2.75) is 39.5 Å². The van der Waals surface area contributed by atoms with Gasteiger partial charge in [-0.2, -0.15) is 5.26 Å². The summed E-state index contributed by atoms with van der Waals surface area (Å²) in [4.78, 5) is 30.3. The van der Waals surface area contributed by atoms with Crippen LogP contribution >= 0.6 is 0 Å². The lowest BCUT2D eigenvalue weighted by Gasteiger charge is -2.15. The molecule has 2 aromatic rings. The standard InChI is InChI=1S/C25H28N2O4/c1-4-6-11-23(28)22(24(27-30-3)25(29)31-5-2)16-18-12-14-19(15-13-18)21-10-8-7-9-20(21)17-26/h7-10,12-15,27H,4-6,11,16H2,1-3H3. The van der Waals surface area contributed by atoms with Gasteiger partial charge in [0.2, 0.25) is 0 Å². The summed E-state index contributed by atoms with van der Waals surface area (Å²) in [5.41, 5.74) is 6.12. The third-order valence-electron chi connectivity index (χ3n) is 4.77. The normalized spacial score (nSPS) is 11.3. The minimum absolute atomic E-state index is 0.0318. The minimum atomic E-state index is -0.622. The molecule has 6 heteroatoms. The van der Waals surface area contributed by atoms with Crippen LogP contribution < -0.4 is 5.48 Å². The van der Waals surface area contributed by atoms with Gasteiger partial charge >= 0.3 is 5.97 Å². The van der Waals surface area contributed by atoms with E-state index in [1.807, 2.05) is 49.4 Å². The number of allylic oxidation sites excluding steroid dienone is 1. The number of carbonyl (C=O) groups is 2. The molecule has 0 saturated heterocycles. The average Bonchev–Trinajstić information content (AvgIpc) is 2.80. The van der Waals surface area contributed by atoms with Crippen molar-refractivity contribution in [2.75, 3.05) is 13.7 Å². The topological polar surface area (TPSA) is 88.4 Å². The predicted octanol–water partition coefficient (Wildman–Crippen LogP) is 4.50. The first-order valence-electron chi connectivity index (χ1n) is 10.4. The van der Waals surface area contributed by atoms with Crippen molar-refractivity contribution >= 4 is 11.8 Å². The summed E-state index contributed by atoms with van der Waals surface area (Å²) >= 11 is 0. The quantitative estimate of drug-likeness (QED) is 0.327. The molecule has 2 aromatic carbocycles. The second kappa shape index (κ2) is 12.3. The van der Waals surface area contributed by atoms with Crippen LogP contribution in [-0.4, -0.2) is 25.5 Å². The molecule has 0 radical (unpaired) electrons. The van der Waals surface area contributed by atoms with E-state index in [0.29, 0.717) is 17.6 Å². The Bertz CT molecular complexity index is 972. The number of benzene rings is 2. The fourth-order valence-electron chi connectivity index (χ4n) is 3.19. The molecule has 0 saturated carbocycles. The first kappa shape index (κ1) is 23.8. The van der Waals surface area contributed by atoms with E-state index >= 15 is 0 Å². The third kappa shape index (κ3) is 6.53. The van der Waals surface area contributed by atoms with Gasteiger partial charge in [-0.1, -0.05) is 55.8 Å². The molecular formula is C25H28N2O4. The molecule has 0 spiro atoms. The molecule has 31 heavy (non-hydrogen) atoms. The molecule has 162 valence electrons. The summed E-state index contributed by atoms with van der Waals surface area (Å²) < 4.78 is 5.11. The van der Waals surface area contributed by atoms with Crippen molar-refractivity contribution in [3.05, 3.63) is 70.9 Å². The molecule has 1 N–H and O–H groups in total. The van der Waals surface area contributed by atoms with Crippen molar-refractivity contribution in [3.63, 3.8) is 0 Å². The lowest BCUT2D eigenvalue weighted by atomic mass is 9.94. The van der Waals surface area contributed by atoms with Crippen molar-refractivity contribution in [1.82, 2.24) is 5.48 Å². The molecule has 0 unspecified atom stereocenters. The van der Waals surface area contributed by atoms with Crippen LogP contribution in [0.25, 0.3) is 11.1 Å². The fraction of sp³-hybridized carbons (Fsp3) is 0.320. The number of nitriles is 1. The molecule has 0 aliphatic carbocycles. The van der Waals surface area contributed by atoms with Crippen LogP contribution in [-0.2, 0) is 25.6 Å². The van der Waals surface area contributed by atoms with E-state index in [1.54, 1.807) is 13.0 Å². The summed E-state index contributed by atoms with van der Waals surface area (Å²) in [6, 6.07) is 17.2. The number of hydrogen-bond donors (Lipinski definition) is 1. The number of esters is 1. The van der Waals surface area contributed by atoms with Gasteiger partial charge in [0.1, 0.15) is 0 Å². The Morgan fingerprint density at radius 2 is 1.77 bits per heavy atom. The fourth-order valence-corrected chi connectivity index (χ4v) is 3.19. The number of ketones is 1.